The largest absolute Gasteiger partial charge is 0.241 e. The number of aryl methyl sites for hydroxylation is 2. The Bertz CT molecular complexity index is 709. The standard InChI is InChI=1S/C15H16FNO2S/c1-11-3-5-13(6-4-11)10-17-20(18,19)15-8-7-14(16)9-12(15)2/h3-9,17H,10H2,1-2H3. The second kappa shape index (κ2) is 5.73. The molecule has 3 nitrogen and oxygen atoms in total. The molecule has 0 atom stereocenters. The van der Waals surface area contributed by atoms with Gasteiger partial charge in [0.1, 0.15) is 5.82 Å². The molecule has 0 unspecified atom stereocenters. The Morgan fingerprint density at radius 1 is 1.05 bits per heavy atom. The summed E-state index contributed by atoms with van der Waals surface area (Å²) in [5.74, 6) is -0.444. The van der Waals surface area contributed by atoms with Crippen LogP contribution in [0.1, 0.15) is 16.7 Å². The molecule has 0 saturated carbocycles. The first-order chi connectivity index (χ1) is 9.38. The van der Waals surface area contributed by atoms with Gasteiger partial charge >= 0.3 is 0 Å². The molecule has 0 heterocycles. The predicted molar refractivity (Wildman–Crippen MR) is 76.3 cm³/mol. The molecule has 0 aliphatic rings. The molecule has 106 valence electrons. The summed E-state index contributed by atoms with van der Waals surface area (Å²) in [5.41, 5.74) is 2.38. The second-order valence-corrected chi connectivity index (χ2v) is 6.46. The van der Waals surface area contributed by atoms with Crippen LogP contribution in [-0.4, -0.2) is 8.42 Å². The van der Waals surface area contributed by atoms with Crippen LogP contribution in [0.2, 0.25) is 0 Å². The molecule has 2 rings (SSSR count). The molecule has 0 saturated heterocycles. The minimum atomic E-state index is -3.63. The molecule has 0 fully saturated rings. The van der Waals surface area contributed by atoms with Crippen molar-refractivity contribution in [3.05, 3.63) is 65.0 Å². The molecule has 0 radical (unpaired) electrons. The fourth-order valence-electron chi connectivity index (χ4n) is 1.88. The molecule has 0 amide bonds. The Balaban J connectivity index is 2.17. The summed E-state index contributed by atoms with van der Waals surface area (Å²) in [4.78, 5) is 0.103. The van der Waals surface area contributed by atoms with Crippen LogP contribution in [0.15, 0.2) is 47.4 Å². The lowest BCUT2D eigenvalue weighted by Crippen LogP contribution is -2.24. The van der Waals surface area contributed by atoms with Gasteiger partial charge in [-0.15, -0.1) is 0 Å². The number of benzene rings is 2. The van der Waals surface area contributed by atoms with Gasteiger partial charge in [0.25, 0.3) is 0 Å². The molecular weight excluding hydrogens is 277 g/mol. The first-order valence-electron chi connectivity index (χ1n) is 6.20. The molecular formula is C15H16FNO2S. The van der Waals surface area contributed by atoms with E-state index in [1.807, 2.05) is 31.2 Å². The second-order valence-electron chi connectivity index (χ2n) is 4.72. The van der Waals surface area contributed by atoms with Gasteiger partial charge in [-0.25, -0.2) is 17.5 Å². The zero-order valence-corrected chi connectivity index (χ0v) is 12.2. The van der Waals surface area contributed by atoms with Crippen molar-refractivity contribution >= 4 is 10.0 Å². The zero-order valence-electron chi connectivity index (χ0n) is 11.4. The molecule has 20 heavy (non-hydrogen) atoms. The minimum absolute atomic E-state index is 0.103. The molecule has 0 aromatic heterocycles. The third-order valence-electron chi connectivity index (χ3n) is 3.01. The highest BCUT2D eigenvalue weighted by molar-refractivity contribution is 7.89. The predicted octanol–water partition coefficient (Wildman–Crippen LogP) is 2.92. The highest BCUT2D eigenvalue weighted by atomic mass is 32.2. The third kappa shape index (κ3) is 3.43. The Morgan fingerprint density at radius 3 is 2.30 bits per heavy atom. The van der Waals surface area contributed by atoms with Crippen molar-refractivity contribution in [1.29, 1.82) is 0 Å². The van der Waals surface area contributed by atoms with Crippen molar-refractivity contribution in [2.24, 2.45) is 0 Å². The normalized spacial score (nSPS) is 11.6. The SMILES string of the molecule is Cc1ccc(CNS(=O)(=O)c2ccc(F)cc2C)cc1. The summed E-state index contributed by atoms with van der Waals surface area (Å²) in [6, 6.07) is 11.2. The van der Waals surface area contributed by atoms with Gasteiger partial charge in [-0.05, 0) is 43.2 Å². The van der Waals surface area contributed by atoms with Gasteiger partial charge in [0.05, 0.1) is 4.90 Å². The number of halogens is 1. The third-order valence-corrected chi connectivity index (χ3v) is 4.57. The van der Waals surface area contributed by atoms with E-state index in [0.717, 1.165) is 17.2 Å². The van der Waals surface area contributed by atoms with Crippen LogP contribution >= 0.6 is 0 Å². The van der Waals surface area contributed by atoms with Gasteiger partial charge in [-0.2, -0.15) is 0 Å². The van der Waals surface area contributed by atoms with Gasteiger partial charge in [-0.3, -0.25) is 0 Å². The highest BCUT2D eigenvalue weighted by Crippen LogP contribution is 2.16. The van der Waals surface area contributed by atoms with Crippen LogP contribution in [0.3, 0.4) is 0 Å². The quantitative estimate of drug-likeness (QED) is 0.942. The number of hydrogen-bond donors (Lipinski definition) is 1. The van der Waals surface area contributed by atoms with E-state index < -0.39 is 15.8 Å². The van der Waals surface area contributed by atoms with Crippen molar-refractivity contribution < 1.29 is 12.8 Å². The Kier molecular flexibility index (Phi) is 4.20. The first-order valence-corrected chi connectivity index (χ1v) is 7.68. The van der Waals surface area contributed by atoms with Crippen molar-refractivity contribution in [3.8, 4) is 0 Å². The van der Waals surface area contributed by atoms with E-state index in [1.165, 1.54) is 12.1 Å². The van der Waals surface area contributed by atoms with Gasteiger partial charge < -0.3 is 0 Å². The van der Waals surface area contributed by atoms with Crippen LogP contribution in [0, 0.1) is 19.7 Å². The van der Waals surface area contributed by atoms with Crippen LogP contribution in [-0.2, 0) is 16.6 Å². The van der Waals surface area contributed by atoms with E-state index >= 15 is 0 Å². The molecule has 2 aromatic rings. The summed E-state index contributed by atoms with van der Waals surface area (Å²) in [6.45, 7) is 3.75. The van der Waals surface area contributed by atoms with Crippen molar-refractivity contribution in [1.82, 2.24) is 4.72 Å². The lowest BCUT2D eigenvalue weighted by Gasteiger charge is -2.09. The van der Waals surface area contributed by atoms with Crippen LogP contribution in [0.5, 0.6) is 0 Å². The first kappa shape index (κ1) is 14.7. The van der Waals surface area contributed by atoms with Crippen molar-refractivity contribution in [2.75, 3.05) is 0 Å². The lowest BCUT2D eigenvalue weighted by molar-refractivity contribution is 0.579. The number of sulfonamides is 1. The molecule has 0 spiro atoms. The van der Waals surface area contributed by atoms with E-state index in [2.05, 4.69) is 4.72 Å². The van der Waals surface area contributed by atoms with Crippen LogP contribution in [0.4, 0.5) is 4.39 Å². The van der Waals surface area contributed by atoms with Crippen molar-refractivity contribution in [3.63, 3.8) is 0 Å². The average molecular weight is 293 g/mol. The zero-order chi connectivity index (χ0) is 14.8. The monoisotopic (exact) mass is 293 g/mol. The molecule has 0 aliphatic heterocycles. The summed E-state index contributed by atoms with van der Waals surface area (Å²) in [5, 5.41) is 0. The summed E-state index contributed by atoms with van der Waals surface area (Å²) in [6.07, 6.45) is 0. The van der Waals surface area contributed by atoms with Crippen LogP contribution in [0.25, 0.3) is 0 Å². The van der Waals surface area contributed by atoms with Crippen LogP contribution < -0.4 is 4.72 Å². The summed E-state index contributed by atoms with van der Waals surface area (Å²) >= 11 is 0. The van der Waals surface area contributed by atoms with Crippen molar-refractivity contribution in [2.45, 2.75) is 25.3 Å². The highest BCUT2D eigenvalue weighted by Gasteiger charge is 2.16. The fraction of sp³-hybridized carbons (Fsp3) is 0.200. The van der Waals surface area contributed by atoms with Gasteiger partial charge in [-0.1, -0.05) is 29.8 Å². The number of rotatable bonds is 4. The van der Waals surface area contributed by atoms with Gasteiger partial charge in [0, 0.05) is 6.54 Å². The molecule has 1 N–H and O–H groups in total. The molecule has 0 aliphatic carbocycles. The molecule has 2 aromatic carbocycles. The van der Waals surface area contributed by atoms with E-state index in [0.29, 0.717) is 5.56 Å². The summed E-state index contributed by atoms with van der Waals surface area (Å²) in [7, 11) is -3.63. The van der Waals surface area contributed by atoms with Gasteiger partial charge in [0.2, 0.25) is 10.0 Å². The van der Waals surface area contributed by atoms with Gasteiger partial charge in [0.15, 0.2) is 0 Å². The fourth-order valence-corrected chi connectivity index (χ4v) is 3.12. The maximum absolute atomic E-state index is 13.0. The van der Waals surface area contributed by atoms with E-state index in [9.17, 15) is 12.8 Å². The smallest absolute Gasteiger partial charge is 0.207 e. The maximum atomic E-state index is 13.0. The molecule has 5 heteroatoms. The number of hydrogen-bond acceptors (Lipinski definition) is 2. The van der Waals surface area contributed by atoms with E-state index in [-0.39, 0.29) is 11.4 Å². The van der Waals surface area contributed by atoms with E-state index in [4.69, 9.17) is 0 Å². The summed E-state index contributed by atoms with van der Waals surface area (Å²) < 4.78 is 39.9. The number of nitrogens with one attached hydrogen (secondary N) is 1. The molecule has 0 bridgehead atoms. The lowest BCUT2D eigenvalue weighted by atomic mass is 10.2. The minimum Gasteiger partial charge on any atom is -0.207 e. The Hall–Kier alpha value is -1.72. The van der Waals surface area contributed by atoms with E-state index in [1.54, 1.807) is 6.92 Å². The maximum Gasteiger partial charge on any atom is 0.241 e. The Labute approximate surface area is 118 Å². The Morgan fingerprint density at radius 2 is 1.70 bits per heavy atom. The topological polar surface area (TPSA) is 46.2 Å². The average Bonchev–Trinajstić information content (AvgIpc) is 2.37.